The van der Waals surface area contributed by atoms with Gasteiger partial charge in [0.05, 0.1) is 10.5 Å². The average Bonchev–Trinajstić information content (AvgIpc) is 2.40. The zero-order valence-corrected chi connectivity index (χ0v) is 12.9. The van der Waals surface area contributed by atoms with Crippen LogP contribution in [0.15, 0.2) is 18.2 Å². The van der Waals surface area contributed by atoms with Crippen LogP contribution < -0.4 is 0 Å². The predicted molar refractivity (Wildman–Crippen MR) is 79.6 cm³/mol. The molecule has 1 fully saturated rings. The molecule has 1 aliphatic rings. The fourth-order valence-electron chi connectivity index (χ4n) is 2.49. The highest BCUT2D eigenvalue weighted by atomic mass is 35.5. The predicted octanol–water partition coefficient (Wildman–Crippen LogP) is 4.37. The van der Waals surface area contributed by atoms with Crippen molar-refractivity contribution in [3.05, 3.63) is 38.9 Å². The summed E-state index contributed by atoms with van der Waals surface area (Å²) in [7, 11) is 0. The molecule has 0 unspecified atom stereocenters. The Labute approximate surface area is 128 Å². The van der Waals surface area contributed by atoms with Crippen LogP contribution in [0.25, 0.3) is 0 Å². The number of rotatable bonds is 3. The highest BCUT2D eigenvalue weighted by Gasteiger charge is 2.29. The van der Waals surface area contributed by atoms with Gasteiger partial charge in [-0.15, -0.1) is 0 Å². The van der Waals surface area contributed by atoms with Crippen molar-refractivity contribution >= 4 is 23.3 Å². The first-order valence-corrected chi connectivity index (χ1v) is 7.31. The van der Waals surface area contributed by atoms with E-state index in [4.69, 9.17) is 16.3 Å². The number of hydrogen-bond donors (Lipinski definition) is 0. The van der Waals surface area contributed by atoms with Gasteiger partial charge in [-0.1, -0.05) is 25.4 Å². The molecule has 2 rings (SSSR count). The molecule has 6 heteroatoms. The van der Waals surface area contributed by atoms with Crippen molar-refractivity contribution in [2.75, 3.05) is 0 Å². The van der Waals surface area contributed by atoms with E-state index in [2.05, 4.69) is 13.8 Å². The van der Waals surface area contributed by atoms with Gasteiger partial charge in [0.1, 0.15) is 11.1 Å². The van der Waals surface area contributed by atoms with Crippen LogP contribution in [0.4, 0.5) is 5.69 Å². The van der Waals surface area contributed by atoms with Crippen LogP contribution in [0.2, 0.25) is 5.02 Å². The molecule has 1 aliphatic carbocycles. The minimum atomic E-state index is -0.583. The molecule has 0 N–H and O–H groups in total. The highest BCUT2D eigenvalue weighted by molar-refractivity contribution is 6.33. The van der Waals surface area contributed by atoms with Crippen LogP contribution in [-0.4, -0.2) is 17.0 Å². The van der Waals surface area contributed by atoms with Crippen molar-refractivity contribution in [2.45, 2.75) is 45.6 Å². The van der Waals surface area contributed by atoms with Gasteiger partial charge < -0.3 is 4.74 Å². The van der Waals surface area contributed by atoms with Gasteiger partial charge in [0, 0.05) is 6.07 Å². The largest absolute Gasteiger partial charge is 0.459 e. The van der Waals surface area contributed by atoms with Crippen molar-refractivity contribution in [3.63, 3.8) is 0 Å². The second kappa shape index (κ2) is 6.02. The van der Waals surface area contributed by atoms with E-state index in [9.17, 15) is 14.9 Å². The second-order valence-electron chi connectivity index (χ2n) is 6.19. The molecule has 0 bridgehead atoms. The Morgan fingerprint density at radius 1 is 1.38 bits per heavy atom. The van der Waals surface area contributed by atoms with E-state index in [1.165, 1.54) is 18.2 Å². The Balaban J connectivity index is 2.01. The molecule has 0 heterocycles. The molecule has 1 aromatic carbocycles. The first kappa shape index (κ1) is 15.8. The molecule has 0 aliphatic heterocycles. The van der Waals surface area contributed by atoms with E-state index >= 15 is 0 Å². The Hall–Kier alpha value is -1.62. The summed E-state index contributed by atoms with van der Waals surface area (Å²) in [5.41, 5.74) is 0.336. The molecule has 0 saturated heterocycles. The lowest BCUT2D eigenvalue weighted by molar-refractivity contribution is -0.384. The van der Waals surface area contributed by atoms with E-state index in [-0.39, 0.29) is 22.4 Å². The first-order chi connectivity index (χ1) is 9.78. The number of hydrogen-bond acceptors (Lipinski definition) is 4. The normalized spacial score (nSPS) is 18.2. The SMILES string of the molecule is CC1(C)CCC(OC(=O)c2ccc([N+](=O)[O-])c(Cl)c2)CC1. The van der Waals surface area contributed by atoms with Crippen LogP contribution in [0.5, 0.6) is 0 Å². The second-order valence-corrected chi connectivity index (χ2v) is 6.60. The average molecular weight is 312 g/mol. The third-order valence-corrected chi connectivity index (χ3v) is 4.24. The smallest absolute Gasteiger partial charge is 0.338 e. The van der Waals surface area contributed by atoms with Gasteiger partial charge in [-0.05, 0) is 43.2 Å². The Morgan fingerprint density at radius 2 is 2.00 bits per heavy atom. The van der Waals surface area contributed by atoms with Gasteiger partial charge in [-0.3, -0.25) is 10.1 Å². The maximum Gasteiger partial charge on any atom is 0.338 e. The summed E-state index contributed by atoms with van der Waals surface area (Å²) >= 11 is 5.80. The number of nitrogens with zero attached hydrogens (tertiary/aromatic N) is 1. The molecule has 21 heavy (non-hydrogen) atoms. The summed E-state index contributed by atoms with van der Waals surface area (Å²) in [6.45, 7) is 4.42. The maximum absolute atomic E-state index is 12.1. The first-order valence-electron chi connectivity index (χ1n) is 6.93. The minimum Gasteiger partial charge on any atom is -0.459 e. The van der Waals surface area contributed by atoms with Gasteiger partial charge in [0.2, 0.25) is 0 Å². The van der Waals surface area contributed by atoms with E-state index in [1.54, 1.807) is 0 Å². The Kier molecular flexibility index (Phi) is 4.52. The summed E-state index contributed by atoms with van der Waals surface area (Å²) in [6.07, 6.45) is 3.65. The van der Waals surface area contributed by atoms with Crippen molar-refractivity contribution < 1.29 is 14.5 Å². The zero-order valence-electron chi connectivity index (χ0n) is 12.1. The minimum absolute atomic E-state index is 0.0563. The zero-order chi connectivity index (χ0) is 15.6. The van der Waals surface area contributed by atoms with Gasteiger partial charge in [-0.2, -0.15) is 0 Å². The van der Waals surface area contributed by atoms with Crippen LogP contribution in [0, 0.1) is 15.5 Å². The number of carbonyl (C=O) groups is 1. The topological polar surface area (TPSA) is 69.4 Å². The lowest BCUT2D eigenvalue weighted by atomic mass is 9.76. The molecule has 1 aromatic rings. The Morgan fingerprint density at radius 3 is 2.52 bits per heavy atom. The van der Waals surface area contributed by atoms with Gasteiger partial charge >= 0.3 is 5.97 Å². The number of ether oxygens (including phenoxy) is 1. The molecule has 0 aromatic heterocycles. The fraction of sp³-hybridized carbons (Fsp3) is 0.533. The van der Waals surface area contributed by atoms with E-state index in [0.29, 0.717) is 5.41 Å². The number of carbonyl (C=O) groups excluding carboxylic acids is 1. The molecule has 114 valence electrons. The molecular formula is C15H18ClNO4. The van der Waals surface area contributed by atoms with Crippen molar-refractivity contribution in [1.29, 1.82) is 0 Å². The number of nitro groups is 1. The molecular weight excluding hydrogens is 294 g/mol. The Bertz CT molecular complexity index is 561. The van der Waals surface area contributed by atoms with Gasteiger partial charge in [-0.25, -0.2) is 4.79 Å². The summed E-state index contributed by atoms with van der Waals surface area (Å²) in [5, 5.41) is 10.6. The summed E-state index contributed by atoms with van der Waals surface area (Å²) in [4.78, 5) is 22.2. The van der Waals surface area contributed by atoms with Crippen LogP contribution in [0.3, 0.4) is 0 Å². The standard InChI is InChI=1S/C15H18ClNO4/c1-15(2)7-5-11(6-8-15)21-14(18)10-3-4-13(17(19)20)12(16)9-10/h3-4,9,11H,5-8H2,1-2H3. The molecule has 0 amide bonds. The quantitative estimate of drug-likeness (QED) is 0.472. The monoisotopic (exact) mass is 311 g/mol. The van der Waals surface area contributed by atoms with Crippen LogP contribution in [0.1, 0.15) is 49.9 Å². The van der Waals surface area contributed by atoms with Gasteiger partial charge in [0.15, 0.2) is 0 Å². The molecule has 5 nitrogen and oxygen atoms in total. The third-order valence-electron chi connectivity index (χ3n) is 3.94. The molecule has 0 radical (unpaired) electrons. The maximum atomic E-state index is 12.1. The molecule has 1 saturated carbocycles. The summed E-state index contributed by atoms with van der Waals surface area (Å²) in [5.74, 6) is -0.475. The fourth-order valence-corrected chi connectivity index (χ4v) is 2.74. The third kappa shape index (κ3) is 3.94. The van der Waals surface area contributed by atoms with Crippen molar-refractivity contribution in [1.82, 2.24) is 0 Å². The van der Waals surface area contributed by atoms with Gasteiger partial charge in [0.25, 0.3) is 5.69 Å². The van der Waals surface area contributed by atoms with Crippen molar-refractivity contribution in [3.8, 4) is 0 Å². The van der Waals surface area contributed by atoms with E-state index in [1.807, 2.05) is 0 Å². The number of halogens is 1. The summed E-state index contributed by atoms with van der Waals surface area (Å²) in [6, 6.07) is 3.89. The number of benzene rings is 1. The van der Waals surface area contributed by atoms with Crippen LogP contribution in [-0.2, 0) is 4.74 Å². The number of nitro benzene ring substituents is 1. The molecule has 0 atom stereocenters. The van der Waals surface area contributed by atoms with E-state index < -0.39 is 10.9 Å². The molecule has 0 spiro atoms. The lowest BCUT2D eigenvalue weighted by Gasteiger charge is -2.33. The van der Waals surface area contributed by atoms with Crippen molar-refractivity contribution in [2.24, 2.45) is 5.41 Å². The van der Waals surface area contributed by atoms with E-state index in [0.717, 1.165) is 25.7 Å². The lowest BCUT2D eigenvalue weighted by Crippen LogP contribution is -2.28. The summed E-state index contributed by atoms with van der Waals surface area (Å²) < 4.78 is 5.46. The highest BCUT2D eigenvalue weighted by Crippen LogP contribution is 2.36. The number of esters is 1. The van der Waals surface area contributed by atoms with Crippen LogP contribution >= 0.6 is 11.6 Å².